The average Bonchev–Trinajstić information content (AvgIpc) is 2.84. The summed E-state index contributed by atoms with van der Waals surface area (Å²) in [6.07, 6.45) is 1.53. The zero-order valence-corrected chi connectivity index (χ0v) is 17.9. The summed E-state index contributed by atoms with van der Waals surface area (Å²) in [5.74, 6) is 0.921. The highest BCUT2D eigenvalue weighted by molar-refractivity contribution is 5.80. The molecule has 2 aromatic rings. The lowest BCUT2D eigenvalue weighted by Crippen LogP contribution is -2.53. The number of ether oxygens (including phenoxy) is 1. The largest absolute Gasteiger partial charge is 0.450 e. The van der Waals surface area contributed by atoms with Crippen molar-refractivity contribution in [3.8, 4) is 11.3 Å². The van der Waals surface area contributed by atoms with Crippen molar-refractivity contribution in [2.24, 2.45) is 5.92 Å². The van der Waals surface area contributed by atoms with Gasteiger partial charge in [-0.1, -0.05) is 30.3 Å². The number of anilines is 1. The fraction of sp³-hybridized carbons (Fsp3) is 0.478. The first-order valence-corrected chi connectivity index (χ1v) is 11.0. The number of rotatable bonds is 4. The number of hydrogen-bond donors (Lipinski definition) is 0. The highest BCUT2D eigenvalue weighted by atomic mass is 16.6. The number of carbonyl (C=O) groups excluding carboxylic acids is 2. The van der Waals surface area contributed by atoms with Gasteiger partial charge in [0.15, 0.2) is 5.82 Å². The molecule has 1 atom stereocenters. The zero-order chi connectivity index (χ0) is 21.6. The number of piperazine rings is 1. The van der Waals surface area contributed by atoms with Gasteiger partial charge in [-0.05, 0) is 31.9 Å². The third-order valence-corrected chi connectivity index (χ3v) is 5.93. The molecule has 0 bridgehead atoms. The van der Waals surface area contributed by atoms with Crippen LogP contribution in [-0.4, -0.2) is 77.9 Å². The van der Waals surface area contributed by atoms with Gasteiger partial charge < -0.3 is 19.4 Å². The Labute approximate surface area is 182 Å². The highest BCUT2D eigenvalue weighted by Gasteiger charge is 2.32. The smallest absolute Gasteiger partial charge is 0.409 e. The van der Waals surface area contributed by atoms with Gasteiger partial charge in [-0.2, -0.15) is 0 Å². The van der Waals surface area contributed by atoms with Crippen molar-refractivity contribution in [1.29, 1.82) is 0 Å². The molecule has 4 rings (SSSR count). The van der Waals surface area contributed by atoms with E-state index in [-0.39, 0.29) is 17.9 Å². The number of benzene rings is 1. The molecule has 0 radical (unpaired) electrons. The fourth-order valence-electron chi connectivity index (χ4n) is 4.23. The van der Waals surface area contributed by atoms with E-state index in [1.807, 2.05) is 47.4 Å². The van der Waals surface area contributed by atoms with Gasteiger partial charge in [-0.15, -0.1) is 10.2 Å². The van der Waals surface area contributed by atoms with Gasteiger partial charge in [0.25, 0.3) is 0 Å². The van der Waals surface area contributed by atoms with Crippen molar-refractivity contribution in [2.75, 3.05) is 50.8 Å². The summed E-state index contributed by atoms with van der Waals surface area (Å²) in [7, 11) is 0. The molecule has 1 unspecified atom stereocenters. The second-order valence-corrected chi connectivity index (χ2v) is 7.94. The number of nitrogens with zero attached hydrogens (tertiary/aromatic N) is 5. The Morgan fingerprint density at radius 1 is 0.968 bits per heavy atom. The van der Waals surface area contributed by atoms with Crippen molar-refractivity contribution >= 4 is 17.8 Å². The van der Waals surface area contributed by atoms with Crippen LogP contribution in [0.2, 0.25) is 0 Å². The van der Waals surface area contributed by atoms with Crippen LogP contribution in [0.4, 0.5) is 10.6 Å². The summed E-state index contributed by atoms with van der Waals surface area (Å²) < 4.78 is 5.06. The van der Waals surface area contributed by atoms with Crippen LogP contribution < -0.4 is 4.90 Å². The summed E-state index contributed by atoms with van der Waals surface area (Å²) in [6.45, 7) is 5.84. The third kappa shape index (κ3) is 4.95. The van der Waals surface area contributed by atoms with E-state index < -0.39 is 0 Å². The minimum Gasteiger partial charge on any atom is -0.450 e. The Kier molecular flexibility index (Phi) is 6.64. The van der Waals surface area contributed by atoms with Crippen molar-refractivity contribution in [3.05, 3.63) is 42.5 Å². The van der Waals surface area contributed by atoms with Crippen LogP contribution in [0.25, 0.3) is 11.3 Å². The average molecular weight is 424 g/mol. The second-order valence-electron chi connectivity index (χ2n) is 7.94. The van der Waals surface area contributed by atoms with E-state index in [9.17, 15) is 9.59 Å². The predicted octanol–water partition coefficient (Wildman–Crippen LogP) is 2.66. The van der Waals surface area contributed by atoms with E-state index >= 15 is 0 Å². The molecule has 8 heteroatoms. The van der Waals surface area contributed by atoms with Crippen LogP contribution in [0.15, 0.2) is 42.5 Å². The Morgan fingerprint density at radius 2 is 1.71 bits per heavy atom. The maximum absolute atomic E-state index is 13.1. The van der Waals surface area contributed by atoms with Crippen LogP contribution in [0.3, 0.4) is 0 Å². The maximum atomic E-state index is 13.1. The van der Waals surface area contributed by atoms with Crippen LogP contribution in [-0.2, 0) is 9.53 Å². The first-order valence-electron chi connectivity index (χ1n) is 11.0. The quantitative estimate of drug-likeness (QED) is 0.752. The molecular weight excluding hydrogens is 394 g/mol. The minimum absolute atomic E-state index is 0.0570. The normalized spacial score (nSPS) is 19.3. The van der Waals surface area contributed by atoms with Gasteiger partial charge in [0.2, 0.25) is 5.91 Å². The summed E-state index contributed by atoms with van der Waals surface area (Å²) in [5.41, 5.74) is 1.88. The summed E-state index contributed by atoms with van der Waals surface area (Å²) in [4.78, 5) is 30.7. The van der Waals surface area contributed by atoms with E-state index in [2.05, 4.69) is 15.1 Å². The van der Waals surface area contributed by atoms with Crippen LogP contribution >= 0.6 is 0 Å². The van der Waals surface area contributed by atoms with E-state index in [1.165, 1.54) is 0 Å². The van der Waals surface area contributed by atoms with E-state index in [0.29, 0.717) is 39.3 Å². The first-order chi connectivity index (χ1) is 15.2. The summed E-state index contributed by atoms with van der Waals surface area (Å²) in [5, 5.41) is 8.81. The molecule has 3 heterocycles. The van der Waals surface area contributed by atoms with Crippen molar-refractivity contribution < 1.29 is 14.3 Å². The van der Waals surface area contributed by atoms with Gasteiger partial charge in [-0.25, -0.2) is 4.79 Å². The van der Waals surface area contributed by atoms with Crippen LogP contribution in [0.1, 0.15) is 19.8 Å². The highest BCUT2D eigenvalue weighted by Crippen LogP contribution is 2.25. The molecule has 8 nitrogen and oxygen atoms in total. The SMILES string of the molecule is CCOC(=O)N1CCN(C(=O)C2CCCN(c3ccc(-c4ccccc4)nn3)C2)CC1. The van der Waals surface area contributed by atoms with Gasteiger partial charge in [0.1, 0.15) is 0 Å². The van der Waals surface area contributed by atoms with Crippen LogP contribution in [0, 0.1) is 5.92 Å². The van der Waals surface area contributed by atoms with Crippen LogP contribution in [0.5, 0.6) is 0 Å². The monoisotopic (exact) mass is 423 g/mol. The maximum Gasteiger partial charge on any atom is 0.409 e. The molecule has 0 spiro atoms. The Bertz CT molecular complexity index is 882. The van der Waals surface area contributed by atoms with Crippen molar-refractivity contribution in [3.63, 3.8) is 0 Å². The second kappa shape index (κ2) is 9.76. The predicted molar refractivity (Wildman–Crippen MR) is 118 cm³/mol. The fourth-order valence-corrected chi connectivity index (χ4v) is 4.23. The molecule has 164 valence electrons. The Morgan fingerprint density at radius 3 is 2.39 bits per heavy atom. The molecule has 2 aliphatic rings. The number of aromatic nitrogens is 2. The van der Waals surface area contributed by atoms with Gasteiger partial charge >= 0.3 is 6.09 Å². The topological polar surface area (TPSA) is 78.9 Å². The van der Waals surface area contributed by atoms with E-state index in [0.717, 1.165) is 36.5 Å². The Balaban J connectivity index is 1.34. The summed E-state index contributed by atoms with van der Waals surface area (Å²) >= 11 is 0. The molecule has 1 aromatic carbocycles. The lowest BCUT2D eigenvalue weighted by molar-refractivity contribution is -0.137. The first kappa shape index (κ1) is 21.1. The third-order valence-electron chi connectivity index (χ3n) is 5.93. The number of amides is 2. The molecule has 2 amide bonds. The van der Waals surface area contributed by atoms with Crippen molar-refractivity contribution in [1.82, 2.24) is 20.0 Å². The van der Waals surface area contributed by atoms with Gasteiger partial charge in [0.05, 0.1) is 18.2 Å². The Hall–Kier alpha value is -3.16. The molecular formula is C23H29N5O3. The summed E-state index contributed by atoms with van der Waals surface area (Å²) in [6, 6.07) is 13.9. The standard InChI is InChI=1S/C23H29N5O3/c1-2-31-23(30)27-15-13-26(14-16-27)22(29)19-9-6-12-28(17-19)21-11-10-20(24-25-21)18-7-4-3-5-8-18/h3-5,7-8,10-11,19H,2,6,9,12-17H2,1H3. The van der Waals surface area contributed by atoms with Gasteiger partial charge in [-0.3, -0.25) is 4.79 Å². The number of piperidine rings is 1. The molecule has 2 saturated heterocycles. The molecule has 0 N–H and O–H groups in total. The minimum atomic E-state index is -0.295. The van der Waals surface area contributed by atoms with Crippen molar-refractivity contribution in [2.45, 2.75) is 19.8 Å². The number of hydrogen-bond acceptors (Lipinski definition) is 6. The molecule has 0 saturated carbocycles. The lowest BCUT2D eigenvalue weighted by atomic mass is 9.96. The van der Waals surface area contributed by atoms with E-state index in [1.54, 1.807) is 11.8 Å². The zero-order valence-electron chi connectivity index (χ0n) is 17.9. The number of carbonyl (C=O) groups is 2. The molecule has 31 heavy (non-hydrogen) atoms. The lowest BCUT2D eigenvalue weighted by Gasteiger charge is -2.38. The molecule has 2 fully saturated rings. The molecule has 2 aliphatic heterocycles. The van der Waals surface area contributed by atoms with Gasteiger partial charge in [0, 0.05) is 44.8 Å². The van der Waals surface area contributed by atoms with E-state index in [4.69, 9.17) is 4.74 Å². The molecule has 1 aromatic heterocycles. The molecule has 0 aliphatic carbocycles.